The van der Waals surface area contributed by atoms with Crippen LogP contribution in [0.25, 0.3) is 0 Å². The van der Waals surface area contributed by atoms with E-state index in [0.717, 1.165) is 16.1 Å². The quantitative estimate of drug-likeness (QED) is 0.478. The first-order valence-corrected chi connectivity index (χ1v) is 13.9. The molecule has 35 heavy (non-hydrogen) atoms. The van der Waals surface area contributed by atoms with E-state index in [0.29, 0.717) is 12.8 Å². The van der Waals surface area contributed by atoms with Crippen LogP contribution in [0.3, 0.4) is 0 Å². The van der Waals surface area contributed by atoms with Crippen molar-refractivity contribution in [2.75, 3.05) is 23.7 Å². The van der Waals surface area contributed by atoms with Crippen molar-refractivity contribution in [1.29, 1.82) is 0 Å². The summed E-state index contributed by atoms with van der Waals surface area (Å²) in [5, 5.41) is 3.37. The van der Waals surface area contributed by atoms with E-state index < -0.39 is 34.1 Å². The van der Waals surface area contributed by atoms with Crippen molar-refractivity contribution in [1.82, 2.24) is 10.2 Å². The molecule has 0 aliphatic carbocycles. The summed E-state index contributed by atoms with van der Waals surface area (Å²) in [4.78, 5) is 28.2. The van der Waals surface area contributed by atoms with Gasteiger partial charge in [0.2, 0.25) is 21.8 Å². The number of hydrogen-bond donors (Lipinski definition) is 1. The van der Waals surface area contributed by atoms with Gasteiger partial charge in [-0.2, -0.15) is 0 Å². The summed E-state index contributed by atoms with van der Waals surface area (Å²) < 4.78 is 26.2. The Kier molecular flexibility index (Phi) is 10.0. The first kappa shape index (κ1) is 28.9. The van der Waals surface area contributed by atoms with Crippen LogP contribution in [0.2, 0.25) is 10.0 Å². The number of halogens is 2. The lowest BCUT2D eigenvalue weighted by Crippen LogP contribution is -2.56. The highest BCUT2D eigenvalue weighted by molar-refractivity contribution is 7.92. The number of benzene rings is 2. The van der Waals surface area contributed by atoms with E-state index in [4.69, 9.17) is 23.2 Å². The van der Waals surface area contributed by atoms with Crippen LogP contribution in [-0.2, 0) is 26.0 Å². The Morgan fingerprint density at radius 2 is 1.66 bits per heavy atom. The number of rotatable bonds is 10. The number of carbonyl (C=O) groups excluding carboxylic acids is 2. The molecule has 0 aromatic heterocycles. The van der Waals surface area contributed by atoms with Crippen LogP contribution >= 0.6 is 23.2 Å². The molecule has 1 N–H and O–H groups in total. The van der Waals surface area contributed by atoms with Gasteiger partial charge in [-0.15, -0.1) is 0 Å². The predicted molar refractivity (Wildman–Crippen MR) is 142 cm³/mol. The normalized spacial score (nSPS) is 12.7. The zero-order valence-corrected chi connectivity index (χ0v) is 23.0. The number of nitrogens with zero attached hydrogens (tertiary/aromatic N) is 2. The van der Waals surface area contributed by atoms with E-state index in [1.807, 2.05) is 58.0 Å². The van der Waals surface area contributed by atoms with Gasteiger partial charge in [-0.25, -0.2) is 8.42 Å². The van der Waals surface area contributed by atoms with Crippen molar-refractivity contribution in [3.05, 3.63) is 64.1 Å². The second kappa shape index (κ2) is 12.1. The molecule has 0 saturated carbocycles. The molecule has 0 saturated heterocycles. The first-order chi connectivity index (χ1) is 16.2. The van der Waals surface area contributed by atoms with Gasteiger partial charge >= 0.3 is 0 Å². The zero-order chi connectivity index (χ0) is 26.4. The van der Waals surface area contributed by atoms with Gasteiger partial charge in [-0.3, -0.25) is 13.9 Å². The number of hydrogen-bond acceptors (Lipinski definition) is 4. The summed E-state index contributed by atoms with van der Waals surface area (Å²) in [6, 6.07) is 13.2. The average Bonchev–Trinajstić information content (AvgIpc) is 2.75. The van der Waals surface area contributed by atoms with Gasteiger partial charge in [-0.05, 0) is 57.4 Å². The van der Waals surface area contributed by atoms with Crippen LogP contribution in [0.15, 0.2) is 48.5 Å². The Bertz CT molecular complexity index is 1140. The lowest BCUT2D eigenvalue weighted by molar-refractivity contribution is -0.140. The van der Waals surface area contributed by atoms with Crippen LogP contribution in [0, 0.1) is 0 Å². The Balaban J connectivity index is 2.40. The molecule has 2 aromatic carbocycles. The second-order valence-electron chi connectivity index (χ2n) is 9.35. The molecule has 0 heterocycles. The monoisotopic (exact) mass is 541 g/mol. The molecule has 7 nitrogen and oxygen atoms in total. The highest BCUT2D eigenvalue weighted by Gasteiger charge is 2.32. The zero-order valence-electron chi connectivity index (χ0n) is 20.7. The molecule has 2 aromatic rings. The van der Waals surface area contributed by atoms with Gasteiger partial charge in [0.15, 0.2) is 0 Å². The smallest absolute Gasteiger partial charge is 0.244 e. The molecule has 2 rings (SSSR count). The van der Waals surface area contributed by atoms with Crippen molar-refractivity contribution in [3.8, 4) is 0 Å². The maximum Gasteiger partial charge on any atom is 0.244 e. The highest BCUT2D eigenvalue weighted by Crippen LogP contribution is 2.28. The van der Waals surface area contributed by atoms with Gasteiger partial charge in [0, 0.05) is 12.1 Å². The molecule has 2 amide bonds. The molecule has 0 unspecified atom stereocenters. The topological polar surface area (TPSA) is 86.8 Å². The van der Waals surface area contributed by atoms with E-state index in [1.54, 1.807) is 0 Å². The van der Waals surface area contributed by atoms with Gasteiger partial charge in [0.05, 0.1) is 22.0 Å². The molecular weight excluding hydrogens is 509 g/mol. The Hall–Kier alpha value is -2.29. The highest BCUT2D eigenvalue weighted by atomic mass is 35.5. The second-order valence-corrected chi connectivity index (χ2v) is 12.1. The predicted octanol–water partition coefficient (Wildman–Crippen LogP) is 4.52. The third-order valence-corrected chi connectivity index (χ3v) is 7.12. The molecule has 0 spiro atoms. The lowest BCUT2D eigenvalue weighted by atomic mass is 10.1. The summed E-state index contributed by atoms with van der Waals surface area (Å²) in [5.41, 5.74) is 0.726. The minimum Gasteiger partial charge on any atom is -0.350 e. The maximum atomic E-state index is 13.6. The van der Waals surface area contributed by atoms with Crippen LogP contribution < -0.4 is 9.62 Å². The fourth-order valence-electron chi connectivity index (χ4n) is 3.60. The van der Waals surface area contributed by atoms with Crippen LogP contribution in [0.1, 0.15) is 39.7 Å². The van der Waals surface area contributed by atoms with Gasteiger partial charge in [0.1, 0.15) is 12.6 Å². The number of carbonyl (C=O) groups is 2. The summed E-state index contributed by atoms with van der Waals surface area (Å²) in [5.74, 6) is -0.782. The van der Waals surface area contributed by atoms with E-state index in [9.17, 15) is 18.0 Å². The fraction of sp³-hybridized carbons (Fsp3) is 0.440. The average molecular weight is 543 g/mol. The van der Waals surface area contributed by atoms with E-state index in [2.05, 4.69) is 5.32 Å². The molecule has 0 radical (unpaired) electrons. The van der Waals surface area contributed by atoms with Crippen LogP contribution in [0.4, 0.5) is 5.69 Å². The molecule has 1 atom stereocenters. The van der Waals surface area contributed by atoms with E-state index in [1.165, 1.54) is 23.1 Å². The van der Waals surface area contributed by atoms with Crippen molar-refractivity contribution >= 4 is 50.7 Å². The summed E-state index contributed by atoms with van der Waals surface area (Å²) >= 11 is 12.1. The number of anilines is 1. The number of nitrogens with one attached hydrogen (secondary N) is 1. The van der Waals surface area contributed by atoms with Crippen LogP contribution in [0.5, 0.6) is 0 Å². The Morgan fingerprint density at radius 1 is 1.03 bits per heavy atom. The standard InChI is InChI=1S/C25H33Cl2N3O4S/c1-6-22(24(32)28-25(2,3)4)29(15-14-18-10-8-7-9-11-18)23(31)17-30(35(5,33)34)19-12-13-20(26)21(27)16-19/h7-13,16,22H,6,14-15,17H2,1-5H3,(H,28,32)/t22-/m1/s1. The van der Waals surface area contributed by atoms with Gasteiger partial charge < -0.3 is 10.2 Å². The van der Waals surface area contributed by atoms with E-state index in [-0.39, 0.29) is 28.2 Å². The van der Waals surface area contributed by atoms with Gasteiger partial charge in [0.25, 0.3) is 0 Å². The molecule has 0 bridgehead atoms. The summed E-state index contributed by atoms with van der Waals surface area (Å²) in [6.45, 7) is 7.18. The summed E-state index contributed by atoms with van der Waals surface area (Å²) in [7, 11) is -3.84. The van der Waals surface area contributed by atoms with Crippen molar-refractivity contribution < 1.29 is 18.0 Å². The summed E-state index contributed by atoms with van der Waals surface area (Å²) in [6.07, 6.45) is 1.90. The molecular formula is C25H33Cl2N3O4S. The first-order valence-electron chi connectivity index (χ1n) is 11.3. The van der Waals surface area contributed by atoms with Crippen molar-refractivity contribution in [2.45, 2.75) is 52.1 Å². The molecule has 10 heteroatoms. The molecule has 0 aliphatic heterocycles. The number of sulfonamides is 1. The lowest BCUT2D eigenvalue weighted by Gasteiger charge is -2.34. The third kappa shape index (κ3) is 8.70. The minimum atomic E-state index is -3.84. The fourth-order valence-corrected chi connectivity index (χ4v) is 4.74. The third-order valence-electron chi connectivity index (χ3n) is 5.24. The van der Waals surface area contributed by atoms with Crippen molar-refractivity contribution in [3.63, 3.8) is 0 Å². The Morgan fingerprint density at radius 3 is 2.17 bits per heavy atom. The largest absolute Gasteiger partial charge is 0.350 e. The van der Waals surface area contributed by atoms with Gasteiger partial charge in [-0.1, -0.05) is 60.5 Å². The molecule has 0 fully saturated rings. The molecule has 192 valence electrons. The maximum absolute atomic E-state index is 13.6. The van der Waals surface area contributed by atoms with Crippen LogP contribution in [-0.4, -0.2) is 56.1 Å². The van der Waals surface area contributed by atoms with Crippen molar-refractivity contribution in [2.24, 2.45) is 0 Å². The SMILES string of the molecule is CC[C@H](C(=O)NC(C)(C)C)N(CCc1ccccc1)C(=O)CN(c1ccc(Cl)c(Cl)c1)S(C)(=O)=O. The van der Waals surface area contributed by atoms with E-state index >= 15 is 0 Å². The molecule has 0 aliphatic rings. The number of amides is 2. The Labute approximate surface area is 218 Å². The minimum absolute atomic E-state index is 0.169.